The zero-order valence-corrected chi connectivity index (χ0v) is 26.5. The quantitative estimate of drug-likeness (QED) is 0.191. The van der Waals surface area contributed by atoms with E-state index in [2.05, 4.69) is 10.6 Å². The molecule has 3 N–H and O–H groups in total. The zero-order valence-electron chi connectivity index (χ0n) is 26.5. The van der Waals surface area contributed by atoms with E-state index < -0.39 is 23.8 Å². The monoisotopic (exact) mass is 607 g/mol. The Labute approximate surface area is 264 Å². The molecule has 0 heterocycles. The van der Waals surface area contributed by atoms with Crippen LogP contribution >= 0.6 is 0 Å². The number of hydrogen-bond donors (Lipinski definition) is 3. The summed E-state index contributed by atoms with van der Waals surface area (Å²) in [7, 11) is 0. The summed E-state index contributed by atoms with van der Waals surface area (Å²) in [6.07, 6.45) is 0.912. The summed E-state index contributed by atoms with van der Waals surface area (Å²) in [5.74, 6) is -0.621. The minimum absolute atomic E-state index is 0.0986. The number of aryl methyl sites for hydroxylation is 2. The summed E-state index contributed by atoms with van der Waals surface area (Å²) in [5.41, 5.74) is 3.37. The predicted molar refractivity (Wildman–Crippen MR) is 176 cm³/mol. The first-order valence-corrected chi connectivity index (χ1v) is 15.3. The van der Waals surface area contributed by atoms with Crippen LogP contribution in [0.4, 0.5) is 10.5 Å². The number of alkyl carbamates (subject to hydrolysis) is 1. The summed E-state index contributed by atoms with van der Waals surface area (Å²) in [5, 5.41) is 17.7. The van der Waals surface area contributed by atoms with Crippen molar-refractivity contribution in [2.75, 3.05) is 5.32 Å². The van der Waals surface area contributed by atoms with Crippen LogP contribution in [0.1, 0.15) is 61.9 Å². The first kappa shape index (κ1) is 31.6. The topological polar surface area (TPSA) is 108 Å². The van der Waals surface area contributed by atoms with Gasteiger partial charge in [0, 0.05) is 18.2 Å². The van der Waals surface area contributed by atoms with Crippen LogP contribution < -0.4 is 10.6 Å². The zero-order chi connectivity index (χ0) is 32.3. The molecule has 0 radical (unpaired) electrons. The van der Waals surface area contributed by atoms with Crippen LogP contribution in [0.5, 0.6) is 5.75 Å². The minimum atomic E-state index is -1.02. The number of carbonyl (C=O) groups excluding carboxylic acids is 3. The molecular weight excluding hydrogens is 566 g/mol. The van der Waals surface area contributed by atoms with Gasteiger partial charge in [-0.05, 0) is 105 Å². The van der Waals surface area contributed by atoms with Gasteiger partial charge < -0.3 is 25.4 Å². The number of ether oxygens (including phenoxy) is 1. The lowest BCUT2D eigenvalue weighted by atomic mass is 9.97. The number of nitrogens with one attached hydrogen (secondary N) is 2. The molecule has 2 atom stereocenters. The van der Waals surface area contributed by atoms with Crippen molar-refractivity contribution in [3.63, 3.8) is 0 Å². The third kappa shape index (κ3) is 8.01. The standard InChI is InChI=1S/C37H41N3O5/c1-23-10-13-28(20-24(23)2)33(34(42)38-29-15-14-26-8-6-7-9-27(26)22-29)40(30-16-17-30)35(43)32(39-36(44)45-37(3,4)5)21-25-11-18-31(41)19-12-25/h6-15,18-20,22,30,32-33,41H,16-17,21H2,1-5H3,(H,38,42)(H,39,44). The molecule has 234 valence electrons. The van der Waals surface area contributed by atoms with Gasteiger partial charge in [0.05, 0.1) is 0 Å². The first-order chi connectivity index (χ1) is 21.4. The van der Waals surface area contributed by atoms with Crippen molar-refractivity contribution in [2.45, 2.75) is 77.6 Å². The number of carbonyl (C=O) groups is 3. The Morgan fingerprint density at radius 2 is 1.58 bits per heavy atom. The van der Waals surface area contributed by atoms with Gasteiger partial charge in [0.15, 0.2) is 0 Å². The predicted octanol–water partition coefficient (Wildman–Crippen LogP) is 6.97. The minimum Gasteiger partial charge on any atom is -0.508 e. The van der Waals surface area contributed by atoms with E-state index in [1.165, 1.54) is 12.1 Å². The van der Waals surface area contributed by atoms with Gasteiger partial charge in [-0.2, -0.15) is 0 Å². The summed E-state index contributed by atoms with van der Waals surface area (Å²) >= 11 is 0. The SMILES string of the molecule is Cc1ccc(C(C(=O)Nc2ccc3ccccc3c2)N(C(=O)C(Cc2ccc(O)cc2)NC(=O)OC(C)(C)C)C2CC2)cc1C. The number of nitrogens with zero attached hydrogens (tertiary/aromatic N) is 1. The molecule has 45 heavy (non-hydrogen) atoms. The number of fused-ring (bicyclic) bond motifs is 1. The Balaban J connectivity index is 1.52. The highest BCUT2D eigenvalue weighted by Gasteiger charge is 2.44. The highest BCUT2D eigenvalue weighted by Crippen LogP contribution is 2.37. The third-order valence-electron chi connectivity index (χ3n) is 7.95. The van der Waals surface area contributed by atoms with Crippen LogP contribution in [0.2, 0.25) is 0 Å². The average Bonchev–Trinajstić information content (AvgIpc) is 3.82. The largest absolute Gasteiger partial charge is 0.508 e. The summed E-state index contributed by atoms with van der Waals surface area (Å²) in [6.45, 7) is 9.26. The smallest absolute Gasteiger partial charge is 0.408 e. The van der Waals surface area contributed by atoms with E-state index in [4.69, 9.17) is 4.74 Å². The van der Waals surface area contributed by atoms with E-state index in [0.717, 1.165) is 40.3 Å². The maximum Gasteiger partial charge on any atom is 0.408 e. The molecule has 0 aliphatic heterocycles. The third-order valence-corrected chi connectivity index (χ3v) is 7.95. The molecule has 1 fully saturated rings. The number of phenols is 1. The summed E-state index contributed by atoms with van der Waals surface area (Å²) in [4.78, 5) is 43.6. The Morgan fingerprint density at radius 1 is 0.889 bits per heavy atom. The molecule has 0 spiro atoms. The molecule has 4 aromatic carbocycles. The molecule has 5 rings (SSSR count). The number of anilines is 1. The Bertz CT molecular complexity index is 1710. The fraction of sp³-hybridized carbons (Fsp3) is 0.324. The number of phenolic OH excluding ortho intramolecular Hbond substituents is 1. The lowest BCUT2D eigenvalue weighted by molar-refractivity contribution is -0.141. The van der Waals surface area contributed by atoms with Gasteiger partial charge >= 0.3 is 6.09 Å². The lowest BCUT2D eigenvalue weighted by Crippen LogP contribution is -2.54. The van der Waals surface area contributed by atoms with Crippen LogP contribution in [0.3, 0.4) is 0 Å². The van der Waals surface area contributed by atoms with E-state index in [9.17, 15) is 19.5 Å². The lowest BCUT2D eigenvalue weighted by Gasteiger charge is -2.35. The maximum absolute atomic E-state index is 14.6. The van der Waals surface area contributed by atoms with Gasteiger partial charge in [-0.3, -0.25) is 9.59 Å². The molecule has 2 unspecified atom stereocenters. The fourth-order valence-corrected chi connectivity index (χ4v) is 5.42. The second-order valence-corrected chi connectivity index (χ2v) is 12.8. The first-order valence-electron chi connectivity index (χ1n) is 15.3. The average molecular weight is 608 g/mol. The van der Waals surface area contributed by atoms with Crippen molar-refractivity contribution < 1.29 is 24.2 Å². The molecule has 1 aliphatic carbocycles. The fourth-order valence-electron chi connectivity index (χ4n) is 5.42. The van der Waals surface area contributed by atoms with E-state index in [1.54, 1.807) is 37.8 Å². The molecular formula is C37H41N3O5. The number of hydrogen-bond acceptors (Lipinski definition) is 5. The maximum atomic E-state index is 14.6. The molecule has 8 heteroatoms. The number of amides is 3. The van der Waals surface area contributed by atoms with Gasteiger partial charge in [0.1, 0.15) is 23.4 Å². The molecule has 3 amide bonds. The van der Waals surface area contributed by atoms with E-state index in [-0.39, 0.29) is 30.0 Å². The normalized spacial score (nSPS) is 14.3. The van der Waals surface area contributed by atoms with Crippen LogP contribution in [0.15, 0.2) is 84.9 Å². The Hall–Kier alpha value is -4.85. The molecule has 8 nitrogen and oxygen atoms in total. The van der Waals surface area contributed by atoms with E-state index in [1.807, 2.05) is 74.5 Å². The number of benzene rings is 4. The van der Waals surface area contributed by atoms with Crippen LogP contribution in [0.25, 0.3) is 10.8 Å². The van der Waals surface area contributed by atoms with Gasteiger partial charge in [-0.1, -0.05) is 60.7 Å². The van der Waals surface area contributed by atoms with Crippen LogP contribution in [0, 0.1) is 13.8 Å². The van der Waals surface area contributed by atoms with Crippen LogP contribution in [-0.2, 0) is 20.7 Å². The molecule has 0 saturated heterocycles. The molecule has 4 aromatic rings. The highest BCUT2D eigenvalue weighted by atomic mass is 16.6. The summed E-state index contributed by atoms with van der Waals surface area (Å²) in [6, 6.07) is 23.8. The van der Waals surface area contributed by atoms with E-state index >= 15 is 0 Å². The molecule has 0 aromatic heterocycles. The van der Waals surface area contributed by atoms with Crippen molar-refractivity contribution in [2.24, 2.45) is 0 Å². The van der Waals surface area contributed by atoms with Gasteiger partial charge in [0.2, 0.25) is 5.91 Å². The second-order valence-electron chi connectivity index (χ2n) is 12.8. The van der Waals surface area contributed by atoms with Crippen molar-refractivity contribution in [1.29, 1.82) is 0 Å². The Morgan fingerprint density at radius 3 is 2.22 bits per heavy atom. The number of rotatable bonds is 9. The number of aromatic hydroxyl groups is 1. The molecule has 0 bridgehead atoms. The van der Waals surface area contributed by atoms with Gasteiger partial charge in [-0.15, -0.1) is 0 Å². The van der Waals surface area contributed by atoms with Gasteiger partial charge in [-0.25, -0.2) is 4.79 Å². The molecule has 1 saturated carbocycles. The van der Waals surface area contributed by atoms with Gasteiger partial charge in [0.25, 0.3) is 5.91 Å². The van der Waals surface area contributed by atoms with E-state index in [0.29, 0.717) is 11.3 Å². The Kier molecular flexibility index (Phi) is 9.14. The van der Waals surface area contributed by atoms with Crippen LogP contribution in [-0.4, -0.2) is 45.6 Å². The summed E-state index contributed by atoms with van der Waals surface area (Å²) < 4.78 is 5.53. The molecule has 1 aliphatic rings. The van der Waals surface area contributed by atoms with Crippen molar-refractivity contribution in [3.05, 3.63) is 107 Å². The van der Waals surface area contributed by atoms with Crippen molar-refractivity contribution >= 4 is 34.4 Å². The highest BCUT2D eigenvalue weighted by molar-refractivity contribution is 6.00. The van der Waals surface area contributed by atoms with Crippen molar-refractivity contribution in [1.82, 2.24) is 10.2 Å². The van der Waals surface area contributed by atoms with Crippen molar-refractivity contribution in [3.8, 4) is 5.75 Å². The second kappa shape index (κ2) is 13.0.